The van der Waals surface area contributed by atoms with Gasteiger partial charge in [0.1, 0.15) is 36.3 Å². The fraction of sp³-hybridized carbons (Fsp3) is 0.685. The molecule has 0 aromatic carbocycles. The molecule has 40 nitrogen and oxygen atoms in total. The lowest BCUT2D eigenvalue weighted by molar-refractivity contribution is -0.310. The average Bonchev–Trinajstić information content (AvgIpc) is 0.783. The predicted octanol–water partition coefficient (Wildman–Crippen LogP) is 3.05. The number of aliphatic carboxylic acids is 2. The van der Waals surface area contributed by atoms with E-state index in [9.17, 15) is 141 Å². The van der Waals surface area contributed by atoms with Crippen molar-refractivity contribution in [3.63, 3.8) is 0 Å². The molecule has 0 unspecified atom stereocenters. The number of fused-ring (bicyclic) bond motifs is 4. The molecule has 0 radical (unpaired) electrons. The van der Waals surface area contributed by atoms with E-state index in [-0.39, 0.29) is 101 Å². The number of carboxylic acids is 2. The fourth-order valence-corrected chi connectivity index (χ4v) is 18.6. The Morgan fingerprint density at radius 2 is 0.642 bits per heavy atom. The number of carboxylic acid groups (broad SMARTS) is 2. The van der Waals surface area contributed by atoms with Gasteiger partial charge < -0.3 is 172 Å². The van der Waals surface area contributed by atoms with Crippen molar-refractivity contribution in [2.45, 2.75) is 404 Å². The SMILES string of the molecule is C[C@@H]1[C@H](O)[C@@H](C)C=CC=CC=CC=CC=CC=CC=C[C@H](O[C@@H]2O[C@H](C)[C@@H](O)[C@H](NCCCNC(=O)CCCCCCC(=O)NCCCN[C@@H]3[C@H](O)[C@H](O[C@H]4C=CC=CC=CC=CC=CC=CC=C[C@H](C)[C@@H](O)[C@@H](C)[C@H](C)OC(=O)C[C@H](O)C[C@H](O)CC[C@@H](O)[C@H](O)C[C@H](O)C[C@]5(O)C[C@H](O)[C@@H](C(=O)O)[C@H](C4)O5)O[C@H](C)[C@H]3O)[C@@H]2O)C[C@@H]2O[C@](O)(C[C@@H](O)C[C@@H](O)[C@H](O)CC[C@@H](O)C[C@@H](O)CC(=O)O[C@H]1C)C[C@H](O)[C@H]2C(=O)O. The highest BCUT2D eigenvalue weighted by molar-refractivity contribution is 5.76. The third-order valence-corrected chi connectivity index (χ3v) is 27.6. The first kappa shape index (κ1) is 129. The van der Waals surface area contributed by atoms with Crippen molar-refractivity contribution in [1.82, 2.24) is 21.3 Å². The van der Waals surface area contributed by atoms with Crippen molar-refractivity contribution in [2.75, 3.05) is 26.2 Å². The second-order valence-corrected chi connectivity index (χ2v) is 40.3. The second kappa shape index (κ2) is 67.6. The zero-order valence-electron chi connectivity index (χ0n) is 86.3. The standard InChI is InChI=1S/C108H170N4O36/c1-65-39-31-25-21-17-13-9-11-15-19-23-27-33-41-79(59-87-93(103(135)136)85(123)63-107(139,147-87)61-77(117)55-83(121)81(119)47-45-73(113)53-75(115)57-91(127)141-69(5)67(3)97(65)129)145-105-101(133)95(99(131)71(7)143-105)111-51-37-49-109-89(125)43-35-29-30-36-44-90(126)110-50-38-52-112-96-100(132)72(8)144-106(102(96)134)146-80-42-34-28-24-20-16-12-10-14-18-22-26-32-40-66(2)98(130)68(4)70(6)142-92(128)58-76(116)54-74(114)46-48-82(120)84(122)56-78(118)62-108(140)64-86(124)94(104(137)138)88(60-80)148-108/h9-28,31-34,39-42,65-88,93-102,105-106,111-124,129-134,139-140H,29-30,35-38,43-64H2,1-8H3,(H,109,125)(H,110,126)(H,135,136)(H,137,138)/t65-,66-,67-,68-,69-,70-,71+,72+,73+,74+,75+,76+,77-,78-,79-,80-,81+,82+,83+,84+,85-,86-,87-,88-,93+,94+,95-,96-,97+,98+,99+,100+,101-,102-,105-,106-,107+,108+/m0/s1. The predicted molar refractivity (Wildman–Crippen MR) is 545 cm³/mol. The number of ether oxygens (including phenoxy) is 8. The van der Waals surface area contributed by atoms with Gasteiger partial charge in [0.05, 0.1) is 159 Å². The average molecular weight is 2100 g/mol. The molecule has 26 N–H and O–H groups in total. The number of hydrogen-bond donors (Lipinski definition) is 26. The zero-order valence-corrected chi connectivity index (χ0v) is 86.3. The van der Waals surface area contributed by atoms with E-state index in [4.69, 9.17) is 37.9 Å². The minimum Gasteiger partial charge on any atom is -0.481 e. The summed E-state index contributed by atoms with van der Waals surface area (Å²) in [7, 11) is 0. The van der Waals surface area contributed by atoms with Gasteiger partial charge in [0.15, 0.2) is 24.2 Å². The molecular weight excluding hydrogens is 1930 g/mol. The molecule has 4 saturated heterocycles. The molecule has 38 atom stereocenters. The summed E-state index contributed by atoms with van der Waals surface area (Å²) in [6, 6.07) is -2.16. The van der Waals surface area contributed by atoms with E-state index in [0.29, 0.717) is 38.5 Å². The van der Waals surface area contributed by atoms with Gasteiger partial charge >= 0.3 is 23.9 Å². The number of esters is 2. The Kier molecular flexibility index (Phi) is 58.8. The number of unbranched alkanes of at least 4 members (excludes halogenated alkanes) is 3. The molecule has 2 amide bonds. The van der Waals surface area contributed by atoms with Gasteiger partial charge in [-0.15, -0.1) is 0 Å². The first-order chi connectivity index (χ1) is 70.2. The Morgan fingerprint density at radius 1 is 0.331 bits per heavy atom. The van der Waals surface area contributed by atoms with Gasteiger partial charge in [-0.3, -0.25) is 28.8 Å². The summed E-state index contributed by atoms with van der Waals surface area (Å²) in [5.74, 6) is -14.9. The van der Waals surface area contributed by atoms with Crippen LogP contribution in [0.4, 0.5) is 0 Å². The van der Waals surface area contributed by atoms with Crippen LogP contribution in [0, 0.1) is 35.5 Å². The molecular formula is C108H170N4O36. The molecule has 6 aliphatic rings. The maximum atomic E-state index is 13.0. The summed E-state index contributed by atoms with van der Waals surface area (Å²) in [5.41, 5.74) is 0. The van der Waals surface area contributed by atoms with Gasteiger partial charge in [0, 0.05) is 101 Å². The number of nitrogens with one attached hydrogen (secondary N) is 4. The molecule has 148 heavy (non-hydrogen) atoms. The minimum atomic E-state index is -2.43. The number of aliphatic hydroxyl groups is 20. The van der Waals surface area contributed by atoms with Crippen LogP contribution in [0.1, 0.15) is 209 Å². The number of hydrogen-bond acceptors (Lipinski definition) is 36. The molecule has 6 aliphatic heterocycles. The topological polar surface area (TPSA) is 669 Å². The quantitative estimate of drug-likeness (QED) is 0.0516. The van der Waals surface area contributed by atoms with E-state index in [1.54, 1.807) is 200 Å². The third kappa shape index (κ3) is 46.9. The van der Waals surface area contributed by atoms with E-state index in [0.717, 1.165) is 0 Å². The van der Waals surface area contributed by atoms with Crippen LogP contribution in [0.2, 0.25) is 0 Å². The van der Waals surface area contributed by atoms with Crippen LogP contribution >= 0.6 is 0 Å². The molecule has 0 aromatic rings. The second-order valence-electron chi connectivity index (χ2n) is 40.3. The van der Waals surface area contributed by atoms with Gasteiger partial charge in [0.25, 0.3) is 0 Å². The van der Waals surface area contributed by atoms with Crippen molar-refractivity contribution < 1.29 is 179 Å². The summed E-state index contributed by atoms with van der Waals surface area (Å²) in [5, 5.41) is 257. The number of carbonyl (C=O) groups excluding carboxylic acids is 4. The Bertz CT molecular complexity index is 4080. The highest BCUT2D eigenvalue weighted by atomic mass is 16.7. The monoisotopic (exact) mass is 2100 g/mol. The van der Waals surface area contributed by atoms with Gasteiger partial charge in [0.2, 0.25) is 11.8 Å². The van der Waals surface area contributed by atoms with Crippen molar-refractivity contribution in [2.24, 2.45) is 35.5 Å². The molecule has 6 rings (SSSR count). The van der Waals surface area contributed by atoms with Crippen molar-refractivity contribution in [3.8, 4) is 0 Å². The first-order valence-corrected chi connectivity index (χ1v) is 52.1. The van der Waals surface area contributed by atoms with Crippen LogP contribution in [0.15, 0.2) is 170 Å². The maximum Gasteiger partial charge on any atom is 0.311 e. The number of cyclic esters (lactones) is 2. The molecule has 0 aromatic heterocycles. The fourth-order valence-electron chi connectivity index (χ4n) is 18.6. The largest absolute Gasteiger partial charge is 0.481 e. The van der Waals surface area contributed by atoms with E-state index in [1.807, 2.05) is 13.8 Å². The van der Waals surface area contributed by atoms with Crippen LogP contribution in [0.25, 0.3) is 0 Å². The minimum absolute atomic E-state index is 0.159. The molecule has 0 saturated carbocycles. The summed E-state index contributed by atoms with van der Waals surface area (Å²) in [6.45, 7) is 14.2. The summed E-state index contributed by atoms with van der Waals surface area (Å²) in [6.07, 6.45) is 6.38. The molecule has 4 bridgehead atoms. The summed E-state index contributed by atoms with van der Waals surface area (Å²) < 4.78 is 48.0. The zero-order chi connectivity index (χ0) is 109. The number of carbonyl (C=O) groups is 6. The summed E-state index contributed by atoms with van der Waals surface area (Å²) in [4.78, 5) is 77.5. The highest BCUT2D eigenvalue weighted by Gasteiger charge is 2.54. The Hall–Kier alpha value is -7.94. The normalized spacial score (nSPS) is 38.4. The van der Waals surface area contributed by atoms with Crippen LogP contribution in [0.3, 0.4) is 0 Å². The van der Waals surface area contributed by atoms with Crippen LogP contribution < -0.4 is 21.3 Å². The Labute approximate surface area is 868 Å². The van der Waals surface area contributed by atoms with E-state index < -0.39 is 307 Å². The Morgan fingerprint density at radius 3 is 0.959 bits per heavy atom. The van der Waals surface area contributed by atoms with E-state index >= 15 is 0 Å². The number of amides is 2. The lowest BCUT2D eigenvalue weighted by atomic mass is 9.82. The Balaban J connectivity index is 0.998. The molecule has 0 aliphatic carbocycles. The van der Waals surface area contributed by atoms with Crippen LogP contribution in [-0.4, -0.2) is 369 Å². The van der Waals surface area contributed by atoms with Gasteiger partial charge in [-0.2, -0.15) is 0 Å². The summed E-state index contributed by atoms with van der Waals surface area (Å²) >= 11 is 0. The van der Waals surface area contributed by atoms with Crippen molar-refractivity contribution in [1.29, 1.82) is 0 Å². The molecule has 40 heteroatoms. The van der Waals surface area contributed by atoms with Gasteiger partial charge in [-0.1, -0.05) is 211 Å². The lowest BCUT2D eigenvalue weighted by Crippen LogP contribution is -2.63. The van der Waals surface area contributed by atoms with Crippen molar-refractivity contribution >= 4 is 35.7 Å². The number of aliphatic hydroxyl groups excluding tert-OH is 18. The van der Waals surface area contributed by atoms with Crippen molar-refractivity contribution in [3.05, 3.63) is 170 Å². The van der Waals surface area contributed by atoms with Crippen LogP contribution in [0.5, 0.6) is 0 Å². The number of rotatable bonds is 23. The molecule has 4 fully saturated rings. The maximum absolute atomic E-state index is 13.0. The molecule has 6 heterocycles. The molecule has 838 valence electrons. The van der Waals surface area contributed by atoms with Gasteiger partial charge in [-0.25, -0.2) is 0 Å². The van der Waals surface area contributed by atoms with E-state index in [1.165, 1.54) is 12.2 Å². The third-order valence-electron chi connectivity index (χ3n) is 27.6. The molecule has 0 spiro atoms. The van der Waals surface area contributed by atoms with Gasteiger partial charge in [-0.05, 0) is 105 Å². The highest BCUT2D eigenvalue weighted by Crippen LogP contribution is 2.42. The number of allylic oxidation sites excluding steroid dienone is 24. The lowest BCUT2D eigenvalue weighted by Gasteiger charge is -2.45. The first-order valence-electron chi connectivity index (χ1n) is 52.1. The smallest absolute Gasteiger partial charge is 0.311 e. The van der Waals surface area contributed by atoms with Crippen LogP contribution in [-0.2, 0) is 66.7 Å². The van der Waals surface area contributed by atoms with E-state index in [2.05, 4.69) is 21.3 Å².